The van der Waals surface area contributed by atoms with Crippen molar-refractivity contribution in [2.24, 2.45) is 0 Å². The van der Waals surface area contributed by atoms with Crippen LogP contribution in [-0.4, -0.2) is 0 Å². The first-order valence-corrected chi connectivity index (χ1v) is 2.76. The monoisotopic (exact) mass is 123 g/mol. The van der Waals surface area contributed by atoms with Crippen LogP contribution in [0.3, 0.4) is 0 Å². The molecule has 0 aromatic carbocycles. The number of rotatable bonds is 0. The summed E-state index contributed by atoms with van der Waals surface area (Å²) in [6.45, 7) is 1.82. The van der Waals surface area contributed by atoms with Crippen LogP contribution in [0.1, 0.15) is 13.3 Å². The first-order valence-electron chi connectivity index (χ1n) is 2.76. The SMILES string of the molecule is CCC#N.c1ccoc1. The van der Waals surface area contributed by atoms with E-state index < -0.39 is 0 Å². The Labute approximate surface area is 54.7 Å². The minimum atomic E-state index is 0.625. The van der Waals surface area contributed by atoms with Crippen molar-refractivity contribution in [3.05, 3.63) is 24.7 Å². The predicted molar refractivity (Wildman–Crippen MR) is 34.6 cm³/mol. The minimum absolute atomic E-state index is 0.625. The van der Waals surface area contributed by atoms with Crippen molar-refractivity contribution >= 4 is 0 Å². The Hall–Kier alpha value is -1.23. The first-order chi connectivity index (χ1) is 4.41. The summed E-state index contributed by atoms with van der Waals surface area (Å²) in [5, 5.41) is 7.62. The van der Waals surface area contributed by atoms with Gasteiger partial charge in [-0.3, -0.25) is 0 Å². The van der Waals surface area contributed by atoms with Crippen LogP contribution in [0.15, 0.2) is 29.1 Å². The fourth-order valence-electron chi connectivity index (χ4n) is 0.227. The third-order valence-corrected chi connectivity index (χ3v) is 0.583. The van der Waals surface area contributed by atoms with Crippen molar-refractivity contribution in [1.82, 2.24) is 0 Å². The second-order valence-electron chi connectivity index (χ2n) is 1.30. The van der Waals surface area contributed by atoms with Crippen LogP contribution < -0.4 is 0 Å². The Morgan fingerprint density at radius 2 is 1.89 bits per heavy atom. The van der Waals surface area contributed by atoms with Gasteiger partial charge in [-0.1, -0.05) is 6.92 Å². The molecule has 0 aliphatic rings. The van der Waals surface area contributed by atoms with Crippen LogP contribution in [0.25, 0.3) is 0 Å². The number of furan rings is 1. The van der Waals surface area contributed by atoms with Crippen molar-refractivity contribution in [3.8, 4) is 6.07 Å². The highest BCUT2D eigenvalue weighted by molar-refractivity contribution is 4.79. The lowest BCUT2D eigenvalue weighted by atomic mass is 10.6. The Morgan fingerprint density at radius 3 is 2.00 bits per heavy atom. The van der Waals surface area contributed by atoms with E-state index in [2.05, 4.69) is 4.42 Å². The van der Waals surface area contributed by atoms with Gasteiger partial charge in [0, 0.05) is 6.42 Å². The van der Waals surface area contributed by atoms with E-state index in [0.717, 1.165) is 0 Å². The first kappa shape index (κ1) is 7.77. The van der Waals surface area contributed by atoms with Crippen molar-refractivity contribution < 1.29 is 4.42 Å². The maximum absolute atomic E-state index is 7.62. The molecule has 0 bridgehead atoms. The Kier molecular flexibility index (Phi) is 5.84. The quantitative estimate of drug-likeness (QED) is 0.530. The van der Waals surface area contributed by atoms with E-state index in [1.807, 2.05) is 25.1 Å². The highest BCUT2D eigenvalue weighted by Crippen LogP contribution is 1.79. The topological polar surface area (TPSA) is 36.9 Å². The molecule has 0 saturated heterocycles. The zero-order valence-corrected chi connectivity index (χ0v) is 5.37. The van der Waals surface area contributed by atoms with Crippen LogP contribution in [0.2, 0.25) is 0 Å². The molecule has 48 valence electrons. The van der Waals surface area contributed by atoms with E-state index in [1.54, 1.807) is 12.5 Å². The molecule has 0 spiro atoms. The van der Waals surface area contributed by atoms with E-state index in [0.29, 0.717) is 6.42 Å². The molecule has 0 radical (unpaired) electrons. The normalized spacial score (nSPS) is 6.67. The zero-order valence-electron chi connectivity index (χ0n) is 5.37. The largest absolute Gasteiger partial charge is 0.473 e. The lowest BCUT2D eigenvalue weighted by Gasteiger charge is -1.50. The van der Waals surface area contributed by atoms with E-state index in [9.17, 15) is 0 Å². The van der Waals surface area contributed by atoms with E-state index >= 15 is 0 Å². The molecule has 0 aliphatic heterocycles. The van der Waals surface area contributed by atoms with Gasteiger partial charge in [0.15, 0.2) is 0 Å². The molecule has 0 aliphatic carbocycles. The van der Waals surface area contributed by atoms with Crippen LogP contribution in [0.4, 0.5) is 0 Å². The smallest absolute Gasteiger partial charge is 0.0902 e. The minimum Gasteiger partial charge on any atom is -0.473 e. The van der Waals surface area contributed by atoms with Gasteiger partial charge in [-0.25, -0.2) is 0 Å². The second kappa shape index (κ2) is 6.77. The maximum Gasteiger partial charge on any atom is 0.0902 e. The fraction of sp³-hybridized carbons (Fsp3) is 0.286. The molecule has 2 nitrogen and oxygen atoms in total. The molecule has 1 aromatic rings. The van der Waals surface area contributed by atoms with Crippen LogP contribution in [0.5, 0.6) is 0 Å². The molecule has 0 N–H and O–H groups in total. The summed E-state index contributed by atoms with van der Waals surface area (Å²) in [4.78, 5) is 0. The zero-order chi connectivity index (χ0) is 6.95. The molecular weight excluding hydrogens is 114 g/mol. The summed E-state index contributed by atoms with van der Waals surface area (Å²) in [5.41, 5.74) is 0. The second-order valence-corrected chi connectivity index (χ2v) is 1.30. The molecule has 1 aromatic heterocycles. The molecule has 0 saturated carbocycles. The van der Waals surface area contributed by atoms with Crippen molar-refractivity contribution in [3.63, 3.8) is 0 Å². The molecule has 1 heterocycles. The highest BCUT2D eigenvalue weighted by atomic mass is 16.3. The summed E-state index contributed by atoms with van der Waals surface area (Å²) >= 11 is 0. The molecule has 0 atom stereocenters. The van der Waals surface area contributed by atoms with Gasteiger partial charge in [0.25, 0.3) is 0 Å². The van der Waals surface area contributed by atoms with Crippen LogP contribution >= 0.6 is 0 Å². The van der Waals surface area contributed by atoms with Crippen molar-refractivity contribution in [2.75, 3.05) is 0 Å². The molecule has 2 heteroatoms. The fourth-order valence-corrected chi connectivity index (χ4v) is 0.227. The van der Waals surface area contributed by atoms with Crippen LogP contribution in [0, 0.1) is 11.3 Å². The summed E-state index contributed by atoms with van der Waals surface area (Å²) in [7, 11) is 0. The average Bonchev–Trinajstić information content (AvgIpc) is 2.43. The van der Waals surface area contributed by atoms with Gasteiger partial charge in [-0.15, -0.1) is 0 Å². The lowest BCUT2D eigenvalue weighted by Crippen LogP contribution is -1.38. The van der Waals surface area contributed by atoms with Gasteiger partial charge in [-0.2, -0.15) is 5.26 Å². The number of hydrogen-bond donors (Lipinski definition) is 0. The Morgan fingerprint density at radius 1 is 1.44 bits per heavy atom. The van der Waals surface area contributed by atoms with Gasteiger partial charge in [-0.05, 0) is 12.1 Å². The van der Waals surface area contributed by atoms with Crippen LogP contribution in [-0.2, 0) is 0 Å². The molecular formula is C7H9NO. The predicted octanol–water partition coefficient (Wildman–Crippen LogP) is 2.20. The summed E-state index contributed by atoms with van der Waals surface area (Å²) in [6.07, 6.45) is 3.88. The van der Waals surface area contributed by atoms with E-state index in [4.69, 9.17) is 5.26 Å². The number of hydrogen-bond acceptors (Lipinski definition) is 2. The van der Waals surface area contributed by atoms with Gasteiger partial charge in [0.1, 0.15) is 0 Å². The molecule has 0 fully saturated rings. The Bertz CT molecular complexity index is 133. The van der Waals surface area contributed by atoms with Gasteiger partial charge >= 0.3 is 0 Å². The maximum atomic E-state index is 7.62. The molecule has 9 heavy (non-hydrogen) atoms. The van der Waals surface area contributed by atoms with Gasteiger partial charge < -0.3 is 4.42 Å². The van der Waals surface area contributed by atoms with Crippen molar-refractivity contribution in [1.29, 1.82) is 5.26 Å². The molecule has 1 rings (SSSR count). The summed E-state index contributed by atoms with van der Waals surface area (Å²) < 4.78 is 4.58. The van der Waals surface area contributed by atoms with Gasteiger partial charge in [0.2, 0.25) is 0 Å². The molecule has 0 unspecified atom stereocenters. The number of nitriles is 1. The third-order valence-electron chi connectivity index (χ3n) is 0.583. The Balaban J connectivity index is 0.000000148. The summed E-state index contributed by atoms with van der Waals surface area (Å²) in [6, 6.07) is 5.60. The van der Waals surface area contributed by atoms with Gasteiger partial charge in [0.05, 0.1) is 18.6 Å². The average molecular weight is 123 g/mol. The highest BCUT2D eigenvalue weighted by Gasteiger charge is 1.58. The lowest BCUT2D eigenvalue weighted by molar-refractivity contribution is 0.567. The standard InChI is InChI=1S/C4H4O.C3H5N/c1-2-4-5-3-1;1-2-3-4/h1-4H;2H2,1H3. The summed E-state index contributed by atoms with van der Waals surface area (Å²) in [5.74, 6) is 0. The third kappa shape index (κ3) is 6.77. The number of nitrogens with zero attached hydrogens (tertiary/aromatic N) is 1. The van der Waals surface area contributed by atoms with Crippen molar-refractivity contribution in [2.45, 2.75) is 13.3 Å². The molecule has 0 amide bonds. The van der Waals surface area contributed by atoms with E-state index in [-0.39, 0.29) is 0 Å². The van der Waals surface area contributed by atoms with E-state index in [1.165, 1.54) is 0 Å².